The van der Waals surface area contributed by atoms with Crippen LogP contribution in [0.25, 0.3) is 0 Å². The maximum atomic E-state index is 11.3. The smallest absolute Gasteiger partial charge is 0.341 e. The highest BCUT2D eigenvalue weighted by Gasteiger charge is 2.25. The molecule has 0 aromatic rings. The minimum atomic E-state index is -1.37. The number of aliphatic carboxylic acids is 1. The SMILES string of the molecule is CSCC[C@H](N)C(=O)ON[C@H](C(=O)O)[C@@H](C)O. The van der Waals surface area contributed by atoms with Crippen LogP contribution in [0.3, 0.4) is 0 Å². The molecule has 0 bridgehead atoms. The van der Waals surface area contributed by atoms with Crippen molar-refractivity contribution < 1.29 is 24.6 Å². The first kappa shape index (κ1) is 16.2. The van der Waals surface area contributed by atoms with Gasteiger partial charge in [0.15, 0.2) is 6.04 Å². The first-order chi connectivity index (χ1) is 7.90. The molecule has 0 aromatic carbocycles. The van der Waals surface area contributed by atoms with Crippen LogP contribution in [0, 0.1) is 0 Å². The van der Waals surface area contributed by atoms with Gasteiger partial charge in [0.05, 0.1) is 6.10 Å². The Bertz CT molecular complexity index is 262. The van der Waals surface area contributed by atoms with Gasteiger partial charge in [-0.3, -0.25) is 4.79 Å². The van der Waals surface area contributed by atoms with Crippen molar-refractivity contribution in [2.45, 2.75) is 31.5 Å². The second-order valence-corrected chi connectivity index (χ2v) is 4.47. The molecular weight excluding hydrogens is 248 g/mol. The average molecular weight is 266 g/mol. The largest absolute Gasteiger partial charge is 0.480 e. The Kier molecular flexibility index (Phi) is 7.88. The Balaban J connectivity index is 4.08. The zero-order valence-electron chi connectivity index (χ0n) is 9.75. The number of thioether (sulfide) groups is 1. The zero-order valence-corrected chi connectivity index (χ0v) is 10.6. The molecule has 0 unspecified atom stereocenters. The molecule has 5 N–H and O–H groups in total. The summed E-state index contributed by atoms with van der Waals surface area (Å²) in [6.07, 6.45) is 1.13. The second-order valence-electron chi connectivity index (χ2n) is 3.48. The van der Waals surface area contributed by atoms with Gasteiger partial charge in [0, 0.05) is 0 Å². The minimum absolute atomic E-state index is 0.439. The summed E-state index contributed by atoms with van der Waals surface area (Å²) >= 11 is 1.54. The van der Waals surface area contributed by atoms with Gasteiger partial charge in [-0.1, -0.05) is 0 Å². The fourth-order valence-electron chi connectivity index (χ4n) is 0.915. The van der Waals surface area contributed by atoms with Crippen LogP contribution in [0.2, 0.25) is 0 Å². The number of carboxylic acids is 1. The maximum Gasteiger partial charge on any atom is 0.341 e. The lowest BCUT2D eigenvalue weighted by Gasteiger charge is -2.17. The lowest BCUT2D eigenvalue weighted by atomic mass is 10.2. The predicted octanol–water partition coefficient (Wildman–Crippen LogP) is -1.05. The molecular formula is C9H18N2O5S. The van der Waals surface area contributed by atoms with Crippen LogP contribution in [-0.2, 0) is 14.4 Å². The van der Waals surface area contributed by atoms with E-state index in [1.54, 1.807) is 0 Å². The number of carboxylic acid groups (broad SMARTS) is 1. The monoisotopic (exact) mass is 266 g/mol. The third-order valence-electron chi connectivity index (χ3n) is 1.97. The van der Waals surface area contributed by atoms with Gasteiger partial charge in [-0.05, 0) is 25.4 Å². The molecule has 0 fully saturated rings. The summed E-state index contributed by atoms with van der Waals surface area (Å²) < 4.78 is 0. The molecule has 0 aliphatic carbocycles. The average Bonchev–Trinajstić information content (AvgIpc) is 2.24. The molecule has 0 aliphatic rings. The van der Waals surface area contributed by atoms with E-state index in [2.05, 4.69) is 4.84 Å². The number of hydrogen-bond acceptors (Lipinski definition) is 7. The Morgan fingerprint density at radius 2 is 2.12 bits per heavy atom. The van der Waals surface area contributed by atoms with Crippen LogP contribution in [-0.4, -0.2) is 52.3 Å². The van der Waals surface area contributed by atoms with Gasteiger partial charge in [-0.25, -0.2) is 4.79 Å². The molecule has 0 radical (unpaired) electrons. The van der Waals surface area contributed by atoms with Gasteiger partial charge < -0.3 is 20.8 Å². The van der Waals surface area contributed by atoms with Crippen molar-refractivity contribution in [2.24, 2.45) is 5.73 Å². The van der Waals surface area contributed by atoms with E-state index in [0.717, 1.165) is 0 Å². The fraction of sp³-hybridized carbons (Fsp3) is 0.778. The summed E-state index contributed by atoms with van der Waals surface area (Å²) in [5, 5.41) is 17.8. The number of hydroxylamine groups is 1. The highest BCUT2D eigenvalue weighted by Crippen LogP contribution is 2.00. The van der Waals surface area contributed by atoms with Crippen molar-refractivity contribution in [3.8, 4) is 0 Å². The molecule has 0 heterocycles. The first-order valence-electron chi connectivity index (χ1n) is 5.01. The number of rotatable bonds is 8. The van der Waals surface area contributed by atoms with Gasteiger partial charge in [-0.2, -0.15) is 11.8 Å². The van der Waals surface area contributed by atoms with E-state index < -0.39 is 30.1 Å². The molecule has 0 saturated carbocycles. The normalized spacial score (nSPS) is 16.0. The molecule has 0 saturated heterocycles. The third kappa shape index (κ3) is 6.47. The predicted molar refractivity (Wildman–Crippen MR) is 63.3 cm³/mol. The van der Waals surface area contributed by atoms with E-state index in [1.807, 2.05) is 11.7 Å². The topological polar surface area (TPSA) is 122 Å². The summed E-state index contributed by atoms with van der Waals surface area (Å²) in [6.45, 7) is 1.27. The van der Waals surface area contributed by atoms with E-state index in [0.29, 0.717) is 12.2 Å². The van der Waals surface area contributed by atoms with Crippen LogP contribution in [0.4, 0.5) is 0 Å². The van der Waals surface area contributed by atoms with E-state index in [1.165, 1.54) is 18.7 Å². The highest BCUT2D eigenvalue weighted by molar-refractivity contribution is 7.98. The molecule has 17 heavy (non-hydrogen) atoms. The molecule has 8 heteroatoms. The number of aliphatic hydroxyl groups excluding tert-OH is 1. The first-order valence-corrected chi connectivity index (χ1v) is 6.41. The van der Waals surface area contributed by atoms with Crippen molar-refractivity contribution in [1.29, 1.82) is 0 Å². The van der Waals surface area contributed by atoms with Crippen LogP contribution >= 0.6 is 11.8 Å². The maximum absolute atomic E-state index is 11.3. The van der Waals surface area contributed by atoms with Gasteiger partial charge in [0.2, 0.25) is 0 Å². The van der Waals surface area contributed by atoms with Crippen molar-refractivity contribution in [3.63, 3.8) is 0 Å². The number of nitrogens with two attached hydrogens (primary N) is 1. The summed E-state index contributed by atoms with van der Waals surface area (Å²) in [4.78, 5) is 26.5. The van der Waals surface area contributed by atoms with Gasteiger partial charge in [0.1, 0.15) is 6.04 Å². The second kappa shape index (κ2) is 8.29. The number of carbonyl (C=O) groups excluding carboxylic acids is 1. The standard InChI is InChI=1S/C9H18N2O5S/c1-5(12)7(8(13)14)11-16-9(15)6(10)3-4-17-2/h5-7,11-12H,3-4,10H2,1-2H3,(H,13,14)/t5-,6+,7+/m1/s1. The molecule has 0 aromatic heterocycles. The summed E-state index contributed by atoms with van der Waals surface area (Å²) in [7, 11) is 0. The van der Waals surface area contributed by atoms with Crippen LogP contribution in [0.1, 0.15) is 13.3 Å². The lowest BCUT2D eigenvalue weighted by Crippen LogP contribution is -2.47. The molecule has 0 spiro atoms. The van der Waals surface area contributed by atoms with Crippen LogP contribution in [0.15, 0.2) is 0 Å². The molecule has 0 amide bonds. The molecule has 0 rings (SSSR count). The van der Waals surface area contributed by atoms with Gasteiger partial charge >= 0.3 is 11.9 Å². The summed E-state index contributed by atoms with van der Waals surface area (Å²) in [6, 6.07) is -2.18. The van der Waals surface area contributed by atoms with E-state index >= 15 is 0 Å². The van der Waals surface area contributed by atoms with E-state index in [-0.39, 0.29) is 0 Å². The number of aliphatic hydroxyl groups is 1. The minimum Gasteiger partial charge on any atom is -0.480 e. The Morgan fingerprint density at radius 3 is 2.53 bits per heavy atom. The molecule has 0 aliphatic heterocycles. The van der Waals surface area contributed by atoms with Crippen molar-refractivity contribution in [1.82, 2.24) is 5.48 Å². The quantitative estimate of drug-likeness (QED) is 0.410. The lowest BCUT2D eigenvalue weighted by molar-refractivity contribution is -0.162. The van der Waals surface area contributed by atoms with E-state index in [9.17, 15) is 9.59 Å². The zero-order chi connectivity index (χ0) is 13.4. The van der Waals surface area contributed by atoms with Crippen LogP contribution in [0.5, 0.6) is 0 Å². The van der Waals surface area contributed by atoms with Gasteiger partial charge in [-0.15, -0.1) is 5.48 Å². The van der Waals surface area contributed by atoms with Crippen molar-refractivity contribution in [2.75, 3.05) is 12.0 Å². The van der Waals surface area contributed by atoms with Crippen LogP contribution < -0.4 is 11.2 Å². The Morgan fingerprint density at radius 1 is 1.53 bits per heavy atom. The molecule has 3 atom stereocenters. The summed E-state index contributed by atoms with van der Waals surface area (Å²) in [5.41, 5.74) is 7.49. The number of carbonyl (C=O) groups is 2. The number of hydrogen-bond donors (Lipinski definition) is 4. The fourth-order valence-corrected chi connectivity index (χ4v) is 1.40. The van der Waals surface area contributed by atoms with Gasteiger partial charge in [0.25, 0.3) is 0 Å². The summed E-state index contributed by atoms with van der Waals surface area (Å²) in [5.74, 6) is -1.36. The van der Waals surface area contributed by atoms with Crippen molar-refractivity contribution in [3.05, 3.63) is 0 Å². The Hall–Kier alpha value is -0.830. The third-order valence-corrected chi connectivity index (χ3v) is 2.61. The van der Waals surface area contributed by atoms with Crippen molar-refractivity contribution >= 4 is 23.7 Å². The van der Waals surface area contributed by atoms with E-state index in [4.69, 9.17) is 15.9 Å². The number of nitrogens with one attached hydrogen (secondary N) is 1. The highest BCUT2D eigenvalue weighted by atomic mass is 32.2. The Labute approximate surface area is 104 Å². The molecule has 7 nitrogen and oxygen atoms in total. The molecule has 100 valence electrons.